The van der Waals surface area contributed by atoms with Crippen LogP contribution in [0.1, 0.15) is 23.2 Å². The number of nitrogens with zero attached hydrogens (tertiary/aromatic N) is 2. The molecule has 0 saturated carbocycles. The van der Waals surface area contributed by atoms with Gasteiger partial charge >= 0.3 is 0 Å². The van der Waals surface area contributed by atoms with E-state index in [-0.39, 0.29) is 12.3 Å². The van der Waals surface area contributed by atoms with E-state index < -0.39 is 0 Å². The molecule has 34 heavy (non-hydrogen) atoms. The lowest BCUT2D eigenvalue weighted by atomic mass is 10.0. The largest absolute Gasteiger partial charge is 0.492 e. The van der Waals surface area contributed by atoms with Crippen LogP contribution in [0.3, 0.4) is 0 Å². The van der Waals surface area contributed by atoms with Crippen LogP contribution in [0.25, 0.3) is 11.1 Å². The second-order valence-corrected chi connectivity index (χ2v) is 9.14. The number of likely N-dealkylation sites (tertiary alicyclic amines) is 1. The molecule has 176 valence electrons. The van der Waals surface area contributed by atoms with Crippen molar-refractivity contribution in [1.29, 1.82) is 0 Å². The first-order valence-electron chi connectivity index (χ1n) is 12.0. The molecule has 0 spiro atoms. The number of benzene rings is 2. The zero-order chi connectivity index (χ0) is 23.3. The highest BCUT2D eigenvalue weighted by Gasteiger charge is 2.38. The number of pyridine rings is 1. The maximum Gasteiger partial charge on any atom is 0.226 e. The van der Waals surface area contributed by atoms with E-state index in [1.165, 1.54) is 6.42 Å². The quantitative estimate of drug-likeness (QED) is 0.530. The second kappa shape index (κ2) is 10.4. The average molecular weight is 458 g/mol. The third-order valence-electron chi connectivity index (χ3n) is 6.67. The van der Waals surface area contributed by atoms with Gasteiger partial charge in [-0.1, -0.05) is 42.5 Å². The van der Waals surface area contributed by atoms with Gasteiger partial charge in [-0.15, -0.1) is 0 Å². The summed E-state index contributed by atoms with van der Waals surface area (Å²) in [5.74, 6) is 0.859. The predicted octanol–water partition coefficient (Wildman–Crippen LogP) is 3.77. The van der Waals surface area contributed by atoms with Crippen LogP contribution < -0.4 is 10.1 Å². The first kappa shape index (κ1) is 22.6. The predicted molar refractivity (Wildman–Crippen MR) is 132 cm³/mol. The molecule has 5 rings (SSSR count). The number of aryl methyl sites for hydroxylation is 1. The summed E-state index contributed by atoms with van der Waals surface area (Å²) in [7, 11) is 0. The Morgan fingerprint density at radius 2 is 2.06 bits per heavy atom. The van der Waals surface area contributed by atoms with E-state index in [4.69, 9.17) is 9.47 Å². The van der Waals surface area contributed by atoms with Crippen LogP contribution in [0.5, 0.6) is 5.75 Å². The molecule has 1 N–H and O–H groups in total. The van der Waals surface area contributed by atoms with Gasteiger partial charge in [-0.3, -0.25) is 14.7 Å². The van der Waals surface area contributed by atoms with Gasteiger partial charge in [-0.05, 0) is 48.2 Å². The van der Waals surface area contributed by atoms with Crippen LogP contribution in [-0.2, 0) is 22.5 Å². The van der Waals surface area contributed by atoms with Crippen molar-refractivity contribution >= 4 is 5.91 Å². The van der Waals surface area contributed by atoms with Gasteiger partial charge < -0.3 is 14.8 Å². The Bertz CT molecular complexity index is 1120. The van der Waals surface area contributed by atoms with Crippen molar-refractivity contribution in [3.8, 4) is 16.9 Å². The smallest absolute Gasteiger partial charge is 0.226 e. The van der Waals surface area contributed by atoms with Crippen molar-refractivity contribution in [1.82, 2.24) is 15.2 Å². The molecule has 2 fully saturated rings. The highest BCUT2D eigenvalue weighted by Crippen LogP contribution is 2.28. The molecule has 1 amide bonds. The Balaban J connectivity index is 1.12. The number of carbonyl (C=O) groups is 1. The SMILES string of the molecule is Cc1cc(OCCN2CC3CC2CO3)ccc1-c1ccc(CC(=O)NCc2ccccc2)nc1. The summed E-state index contributed by atoms with van der Waals surface area (Å²) in [4.78, 5) is 19.3. The normalized spacial score (nSPS) is 19.3. The molecule has 2 aliphatic heterocycles. The van der Waals surface area contributed by atoms with E-state index in [0.717, 1.165) is 53.4 Å². The molecule has 6 nitrogen and oxygen atoms in total. The Morgan fingerprint density at radius 3 is 2.76 bits per heavy atom. The number of fused-ring (bicyclic) bond motifs is 2. The summed E-state index contributed by atoms with van der Waals surface area (Å²) in [6.07, 6.45) is 3.70. The van der Waals surface area contributed by atoms with Crippen molar-refractivity contribution in [3.63, 3.8) is 0 Å². The molecule has 1 aromatic heterocycles. The molecular formula is C28H31N3O3. The lowest BCUT2D eigenvalue weighted by molar-refractivity contribution is -0.120. The monoisotopic (exact) mass is 457 g/mol. The van der Waals surface area contributed by atoms with Crippen molar-refractivity contribution < 1.29 is 14.3 Å². The fourth-order valence-corrected chi connectivity index (χ4v) is 4.80. The molecule has 6 heteroatoms. The minimum Gasteiger partial charge on any atom is -0.492 e. The number of morpholine rings is 1. The van der Waals surface area contributed by atoms with Crippen molar-refractivity contribution in [2.75, 3.05) is 26.3 Å². The molecule has 0 aliphatic carbocycles. The molecule has 2 aliphatic rings. The van der Waals surface area contributed by atoms with Crippen LogP contribution >= 0.6 is 0 Å². The fraction of sp³-hybridized carbons (Fsp3) is 0.357. The highest BCUT2D eigenvalue weighted by molar-refractivity contribution is 5.78. The second-order valence-electron chi connectivity index (χ2n) is 9.14. The summed E-state index contributed by atoms with van der Waals surface area (Å²) in [6.45, 7) is 6.14. The van der Waals surface area contributed by atoms with Crippen LogP contribution in [0.2, 0.25) is 0 Å². The fourth-order valence-electron chi connectivity index (χ4n) is 4.80. The van der Waals surface area contributed by atoms with Gasteiger partial charge in [0.2, 0.25) is 5.91 Å². The Morgan fingerprint density at radius 1 is 1.18 bits per heavy atom. The van der Waals surface area contributed by atoms with Gasteiger partial charge in [0.05, 0.1) is 19.1 Å². The number of aromatic nitrogens is 1. The summed E-state index contributed by atoms with van der Waals surface area (Å²) in [5, 5.41) is 2.95. The summed E-state index contributed by atoms with van der Waals surface area (Å²) in [5.41, 5.74) is 5.13. The minimum atomic E-state index is -0.0314. The Labute approximate surface area is 200 Å². The number of ether oxygens (including phenoxy) is 2. The molecular weight excluding hydrogens is 426 g/mol. The number of carbonyl (C=O) groups excluding carboxylic acids is 1. The van der Waals surface area contributed by atoms with Crippen molar-refractivity contribution in [2.24, 2.45) is 0 Å². The van der Waals surface area contributed by atoms with Gasteiger partial charge in [-0.2, -0.15) is 0 Å². The molecule has 2 saturated heterocycles. The van der Waals surface area contributed by atoms with Gasteiger partial charge in [0.1, 0.15) is 12.4 Å². The van der Waals surface area contributed by atoms with E-state index >= 15 is 0 Å². The van der Waals surface area contributed by atoms with Gasteiger partial charge in [0.25, 0.3) is 0 Å². The first-order valence-corrected chi connectivity index (χ1v) is 12.0. The van der Waals surface area contributed by atoms with E-state index in [1.807, 2.05) is 54.7 Å². The van der Waals surface area contributed by atoms with Crippen molar-refractivity contribution in [3.05, 3.63) is 83.7 Å². The van der Waals surface area contributed by atoms with Crippen LogP contribution in [0.4, 0.5) is 0 Å². The maximum absolute atomic E-state index is 12.3. The average Bonchev–Trinajstić information content (AvgIpc) is 3.48. The van der Waals surface area contributed by atoms with Crippen LogP contribution in [0, 0.1) is 6.92 Å². The molecule has 2 atom stereocenters. The topological polar surface area (TPSA) is 63.7 Å². The number of nitrogens with one attached hydrogen (secondary N) is 1. The lowest BCUT2D eigenvalue weighted by Gasteiger charge is -2.26. The molecule has 2 unspecified atom stereocenters. The van der Waals surface area contributed by atoms with E-state index in [9.17, 15) is 4.79 Å². The first-order chi connectivity index (χ1) is 16.6. The Kier molecular flexibility index (Phi) is 6.88. The van der Waals surface area contributed by atoms with Crippen molar-refractivity contribution in [2.45, 2.75) is 38.5 Å². The van der Waals surface area contributed by atoms with E-state index in [2.05, 4.69) is 34.3 Å². The molecule has 2 aromatic carbocycles. The minimum absolute atomic E-state index is 0.0314. The zero-order valence-corrected chi connectivity index (χ0v) is 19.6. The molecule has 3 aromatic rings. The van der Waals surface area contributed by atoms with Gasteiger partial charge in [0, 0.05) is 43.1 Å². The number of amides is 1. The molecule has 2 bridgehead atoms. The molecule has 3 heterocycles. The highest BCUT2D eigenvalue weighted by atomic mass is 16.5. The van der Waals surface area contributed by atoms with E-state index in [0.29, 0.717) is 25.3 Å². The maximum atomic E-state index is 12.3. The summed E-state index contributed by atoms with van der Waals surface area (Å²) >= 11 is 0. The van der Waals surface area contributed by atoms with Crippen LogP contribution in [0.15, 0.2) is 66.9 Å². The lowest BCUT2D eigenvalue weighted by Crippen LogP contribution is -2.39. The number of rotatable bonds is 9. The summed E-state index contributed by atoms with van der Waals surface area (Å²) < 4.78 is 11.7. The number of hydrogen-bond donors (Lipinski definition) is 1. The number of hydrogen-bond acceptors (Lipinski definition) is 5. The Hall–Kier alpha value is -3.22. The molecule has 0 radical (unpaired) electrons. The van der Waals surface area contributed by atoms with Gasteiger partial charge in [-0.25, -0.2) is 0 Å². The van der Waals surface area contributed by atoms with Gasteiger partial charge in [0.15, 0.2) is 0 Å². The summed E-state index contributed by atoms with van der Waals surface area (Å²) in [6, 6.07) is 20.6. The third kappa shape index (κ3) is 5.46. The van der Waals surface area contributed by atoms with Crippen LogP contribution in [-0.4, -0.2) is 54.2 Å². The standard InChI is InChI=1S/C28H31N3O3/c1-20-13-25(33-12-11-31-18-26-15-24(31)19-34-26)9-10-27(20)22-7-8-23(29-17-22)14-28(32)30-16-21-5-3-2-4-6-21/h2-10,13,17,24,26H,11-12,14-16,18-19H2,1H3,(H,30,32). The zero-order valence-electron chi connectivity index (χ0n) is 19.6. The third-order valence-corrected chi connectivity index (χ3v) is 6.67. The van der Waals surface area contributed by atoms with E-state index in [1.54, 1.807) is 0 Å².